The maximum Gasteiger partial charge on any atom is 0.245 e. The van der Waals surface area contributed by atoms with E-state index in [9.17, 15) is 9.59 Å². The number of guanidine groups is 1. The number of methoxy groups -OCH3 is 2. The van der Waals surface area contributed by atoms with E-state index in [1.807, 2.05) is 0 Å². The molecule has 0 bridgehead atoms. The van der Waals surface area contributed by atoms with Crippen molar-refractivity contribution in [2.45, 2.75) is 82.7 Å². The lowest BCUT2D eigenvalue weighted by Crippen LogP contribution is -2.44. The molecule has 2 aliphatic rings. The molecule has 0 saturated heterocycles. The number of nitrogens with two attached hydrogens (primary N) is 1. The van der Waals surface area contributed by atoms with Gasteiger partial charge < -0.3 is 20.5 Å². The van der Waals surface area contributed by atoms with Gasteiger partial charge in [0, 0.05) is 6.04 Å². The Morgan fingerprint density at radius 2 is 1.70 bits per heavy atom. The Bertz CT molecular complexity index is 830. The minimum absolute atomic E-state index is 0.0112. The topological polar surface area (TPSA) is 115 Å². The lowest BCUT2D eigenvalue weighted by molar-refractivity contribution is -0.123. The second kappa shape index (κ2) is 12.5. The maximum absolute atomic E-state index is 13.0. The predicted octanol–water partition coefficient (Wildman–Crippen LogP) is 3.08. The number of rotatable bonds is 9. The first-order chi connectivity index (χ1) is 16.0. The zero-order valence-electron chi connectivity index (χ0n) is 19.9. The van der Waals surface area contributed by atoms with Gasteiger partial charge in [-0.05, 0) is 42.9 Å². The predicted molar refractivity (Wildman–Crippen MR) is 128 cm³/mol. The van der Waals surface area contributed by atoms with Gasteiger partial charge in [-0.3, -0.25) is 14.9 Å². The van der Waals surface area contributed by atoms with E-state index in [4.69, 9.17) is 15.2 Å². The van der Waals surface area contributed by atoms with Crippen LogP contribution >= 0.6 is 0 Å². The van der Waals surface area contributed by atoms with Crippen LogP contribution in [0.25, 0.3) is 0 Å². The number of ether oxygens (including phenoxy) is 2. The Hall–Kier alpha value is -2.77. The van der Waals surface area contributed by atoms with E-state index in [0.717, 1.165) is 44.1 Å². The van der Waals surface area contributed by atoms with Crippen LogP contribution in [0.3, 0.4) is 0 Å². The highest BCUT2D eigenvalue weighted by atomic mass is 16.5. The van der Waals surface area contributed by atoms with Crippen LogP contribution in [0.1, 0.15) is 69.8 Å². The Morgan fingerprint density at radius 3 is 2.36 bits per heavy atom. The molecule has 8 nitrogen and oxygen atoms in total. The van der Waals surface area contributed by atoms with E-state index in [1.165, 1.54) is 19.3 Å². The van der Waals surface area contributed by atoms with Gasteiger partial charge in [-0.15, -0.1) is 0 Å². The van der Waals surface area contributed by atoms with Crippen molar-refractivity contribution in [2.24, 2.45) is 16.6 Å². The molecule has 0 aromatic heterocycles. The standard InChI is InChI=1S/C25H38N4O4/c1-32-21-13-12-18(15-22(21)33-2)16-23(30)29-25(26)28-20(14-17-8-4-3-5-9-17)24(31)27-19-10-6-7-11-19/h12-13,15,17,19-20H,3-11,14,16H2,1-2H3,(H,27,31)(H3,26,28,29,30). The molecule has 2 amide bonds. The average molecular weight is 459 g/mol. The molecular formula is C25H38N4O4. The highest BCUT2D eigenvalue weighted by molar-refractivity contribution is 5.98. The van der Waals surface area contributed by atoms with Gasteiger partial charge in [-0.1, -0.05) is 51.0 Å². The molecular weight excluding hydrogens is 420 g/mol. The molecule has 1 aromatic carbocycles. The first-order valence-corrected chi connectivity index (χ1v) is 12.1. The van der Waals surface area contributed by atoms with Crippen molar-refractivity contribution in [1.29, 1.82) is 0 Å². The average Bonchev–Trinajstić information content (AvgIpc) is 3.32. The number of nitrogens with one attached hydrogen (secondary N) is 2. The fourth-order valence-corrected chi connectivity index (χ4v) is 4.89. The highest BCUT2D eigenvalue weighted by Crippen LogP contribution is 2.29. The molecule has 2 saturated carbocycles. The summed E-state index contributed by atoms with van der Waals surface area (Å²) in [6.45, 7) is 0. The van der Waals surface area contributed by atoms with Crippen molar-refractivity contribution in [1.82, 2.24) is 10.6 Å². The monoisotopic (exact) mass is 458 g/mol. The van der Waals surface area contributed by atoms with Crippen molar-refractivity contribution in [3.63, 3.8) is 0 Å². The Morgan fingerprint density at radius 1 is 1.03 bits per heavy atom. The molecule has 0 radical (unpaired) electrons. The van der Waals surface area contributed by atoms with Gasteiger partial charge in [0.25, 0.3) is 0 Å². The number of hydrogen-bond acceptors (Lipinski definition) is 5. The van der Waals surface area contributed by atoms with Crippen LogP contribution < -0.4 is 25.8 Å². The number of nitrogens with zero attached hydrogens (tertiary/aromatic N) is 1. The van der Waals surface area contributed by atoms with Gasteiger partial charge in [0.1, 0.15) is 6.04 Å². The number of hydrogen-bond donors (Lipinski definition) is 3. The molecule has 33 heavy (non-hydrogen) atoms. The van der Waals surface area contributed by atoms with E-state index in [-0.39, 0.29) is 30.2 Å². The van der Waals surface area contributed by atoms with Gasteiger partial charge in [-0.2, -0.15) is 0 Å². The number of amides is 2. The molecule has 0 aliphatic heterocycles. The van der Waals surface area contributed by atoms with Crippen molar-refractivity contribution in [3.8, 4) is 11.5 Å². The summed E-state index contributed by atoms with van der Waals surface area (Å²) in [5.41, 5.74) is 6.84. The zero-order valence-corrected chi connectivity index (χ0v) is 19.9. The molecule has 1 atom stereocenters. The number of benzene rings is 1. The van der Waals surface area contributed by atoms with Crippen LogP contribution in [0.4, 0.5) is 0 Å². The quantitative estimate of drug-likeness (QED) is 0.389. The molecule has 4 N–H and O–H groups in total. The zero-order chi connectivity index (χ0) is 23.6. The fraction of sp³-hybridized carbons (Fsp3) is 0.640. The SMILES string of the molecule is COc1ccc(CC(=O)NC(N)=NC(CC2CCCCC2)C(=O)NC2CCCC2)cc1OC. The van der Waals surface area contributed by atoms with Gasteiger partial charge in [0.2, 0.25) is 11.8 Å². The number of carbonyl (C=O) groups excluding carboxylic acids is 2. The highest BCUT2D eigenvalue weighted by Gasteiger charge is 2.27. The fourth-order valence-electron chi connectivity index (χ4n) is 4.89. The summed E-state index contributed by atoms with van der Waals surface area (Å²) in [6.07, 6.45) is 11.0. The van der Waals surface area contributed by atoms with E-state index < -0.39 is 6.04 Å². The van der Waals surface area contributed by atoms with E-state index >= 15 is 0 Å². The van der Waals surface area contributed by atoms with Gasteiger partial charge in [0.15, 0.2) is 17.5 Å². The largest absolute Gasteiger partial charge is 0.493 e. The molecule has 182 valence electrons. The molecule has 1 aromatic rings. The molecule has 2 aliphatic carbocycles. The van der Waals surface area contributed by atoms with Gasteiger partial charge >= 0.3 is 0 Å². The normalized spacial score (nSPS) is 18.5. The molecule has 0 heterocycles. The summed E-state index contributed by atoms with van der Waals surface area (Å²) < 4.78 is 10.5. The third-order valence-electron chi connectivity index (χ3n) is 6.66. The molecule has 0 spiro atoms. The third-order valence-corrected chi connectivity index (χ3v) is 6.66. The minimum Gasteiger partial charge on any atom is -0.493 e. The summed E-state index contributed by atoms with van der Waals surface area (Å²) in [6, 6.07) is 4.96. The van der Waals surface area contributed by atoms with Crippen molar-refractivity contribution in [2.75, 3.05) is 14.2 Å². The summed E-state index contributed by atoms with van der Waals surface area (Å²) in [4.78, 5) is 30.0. The Kier molecular flexibility index (Phi) is 9.39. The smallest absolute Gasteiger partial charge is 0.245 e. The lowest BCUT2D eigenvalue weighted by Gasteiger charge is -2.25. The van der Waals surface area contributed by atoms with E-state index in [1.54, 1.807) is 32.4 Å². The Balaban J connectivity index is 1.63. The molecule has 3 rings (SSSR count). The van der Waals surface area contributed by atoms with Crippen LogP contribution in [0, 0.1) is 5.92 Å². The van der Waals surface area contributed by atoms with Crippen LogP contribution in [0.5, 0.6) is 11.5 Å². The molecule has 8 heteroatoms. The van der Waals surface area contributed by atoms with E-state index in [0.29, 0.717) is 23.8 Å². The minimum atomic E-state index is -0.574. The number of carbonyl (C=O) groups is 2. The maximum atomic E-state index is 13.0. The van der Waals surface area contributed by atoms with Crippen LogP contribution in [-0.2, 0) is 16.0 Å². The third kappa shape index (κ3) is 7.65. The second-order valence-electron chi connectivity index (χ2n) is 9.17. The Labute approximate surface area is 196 Å². The van der Waals surface area contributed by atoms with Crippen molar-refractivity contribution >= 4 is 17.8 Å². The van der Waals surface area contributed by atoms with Crippen LogP contribution in [0.2, 0.25) is 0 Å². The summed E-state index contributed by atoms with van der Waals surface area (Å²) in [7, 11) is 3.11. The molecule has 1 unspecified atom stereocenters. The van der Waals surface area contributed by atoms with Gasteiger partial charge in [0.05, 0.1) is 20.6 Å². The summed E-state index contributed by atoms with van der Waals surface area (Å²) in [5.74, 6) is 1.24. The second-order valence-corrected chi connectivity index (χ2v) is 9.17. The van der Waals surface area contributed by atoms with Crippen LogP contribution in [-0.4, -0.2) is 44.1 Å². The van der Waals surface area contributed by atoms with E-state index in [2.05, 4.69) is 15.6 Å². The molecule has 2 fully saturated rings. The number of aliphatic imine (C=N–C) groups is 1. The van der Waals surface area contributed by atoms with Crippen molar-refractivity contribution in [3.05, 3.63) is 23.8 Å². The van der Waals surface area contributed by atoms with Gasteiger partial charge in [-0.25, -0.2) is 4.99 Å². The first-order valence-electron chi connectivity index (χ1n) is 12.1. The summed E-state index contributed by atoms with van der Waals surface area (Å²) >= 11 is 0. The van der Waals surface area contributed by atoms with Crippen molar-refractivity contribution < 1.29 is 19.1 Å². The summed E-state index contributed by atoms with van der Waals surface area (Å²) in [5, 5.41) is 5.80. The first kappa shape index (κ1) is 24.9. The lowest BCUT2D eigenvalue weighted by atomic mass is 9.84. The van der Waals surface area contributed by atoms with Crippen LogP contribution in [0.15, 0.2) is 23.2 Å².